The Balaban J connectivity index is 2.08. The predicted molar refractivity (Wildman–Crippen MR) is 62.5 cm³/mol. The first kappa shape index (κ1) is 9.97. The molecule has 0 bridgehead atoms. The van der Waals surface area contributed by atoms with Gasteiger partial charge in [0.05, 0.1) is 11.9 Å². The van der Waals surface area contributed by atoms with Crippen LogP contribution in [0.4, 0.5) is 5.69 Å². The lowest BCUT2D eigenvalue weighted by atomic mass is 10.3. The fraction of sp³-hybridized carbons (Fsp3) is 0.545. The molecule has 1 fully saturated rings. The van der Waals surface area contributed by atoms with Gasteiger partial charge < -0.3 is 4.90 Å². The van der Waals surface area contributed by atoms with E-state index in [4.69, 9.17) is 0 Å². The lowest BCUT2D eigenvalue weighted by Gasteiger charge is -2.22. The maximum Gasteiger partial charge on any atom is 0.0564 e. The van der Waals surface area contributed by atoms with Crippen molar-refractivity contribution in [3.63, 3.8) is 0 Å². The minimum atomic E-state index is 0.925. The van der Waals surface area contributed by atoms with Crippen LogP contribution in [0.3, 0.4) is 0 Å². The molecule has 0 N–H and O–H groups in total. The van der Waals surface area contributed by atoms with Gasteiger partial charge in [-0.3, -0.25) is 4.98 Å². The van der Waals surface area contributed by atoms with E-state index >= 15 is 0 Å². The van der Waals surface area contributed by atoms with Gasteiger partial charge in [-0.1, -0.05) is 0 Å². The zero-order chi connectivity index (χ0) is 9.97. The molecule has 1 aliphatic rings. The van der Waals surface area contributed by atoms with Crippen molar-refractivity contribution in [3.05, 3.63) is 22.9 Å². The van der Waals surface area contributed by atoms with E-state index in [1.165, 1.54) is 25.1 Å². The minimum Gasteiger partial charge on any atom is -0.370 e. The van der Waals surface area contributed by atoms with E-state index in [2.05, 4.69) is 38.8 Å². The van der Waals surface area contributed by atoms with Gasteiger partial charge in [0.1, 0.15) is 0 Å². The number of hydrogen-bond donors (Lipinski definition) is 0. The molecule has 1 saturated carbocycles. The van der Waals surface area contributed by atoms with E-state index in [0.717, 1.165) is 16.9 Å². The van der Waals surface area contributed by atoms with Crippen molar-refractivity contribution >= 4 is 21.6 Å². The van der Waals surface area contributed by atoms with Crippen molar-refractivity contribution in [2.24, 2.45) is 5.92 Å². The molecule has 2 nitrogen and oxygen atoms in total. The summed E-state index contributed by atoms with van der Waals surface area (Å²) >= 11 is 3.45. The summed E-state index contributed by atoms with van der Waals surface area (Å²) in [6.07, 6.45) is 6.57. The van der Waals surface area contributed by atoms with Crippen molar-refractivity contribution in [2.45, 2.75) is 19.8 Å². The van der Waals surface area contributed by atoms with E-state index in [-0.39, 0.29) is 0 Å². The maximum absolute atomic E-state index is 4.19. The quantitative estimate of drug-likeness (QED) is 0.821. The molecule has 0 spiro atoms. The summed E-state index contributed by atoms with van der Waals surface area (Å²) in [4.78, 5) is 6.59. The summed E-state index contributed by atoms with van der Waals surface area (Å²) in [6, 6.07) is 2.14. The monoisotopic (exact) mass is 254 g/mol. The molecule has 1 aromatic rings. The van der Waals surface area contributed by atoms with Crippen molar-refractivity contribution in [2.75, 3.05) is 18.0 Å². The molecule has 0 atom stereocenters. The zero-order valence-corrected chi connectivity index (χ0v) is 10.00. The van der Waals surface area contributed by atoms with Gasteiger partial charge in [-0.05, 0) is 47.7 Å². The molecular weight excluding hydrogens is 240 g/mol. The number of rotatable bonds is 4. The smallest absolute Gasteiger partial charge is 0.0564 e. The molecular formula is C11H15BrN2. The van der Waals surface area contributed by atoms with Crippen LogP contribution in [-0.4, -0.2) is 18.1 Å². The molecule has 3 heteroatoms. The van der Waals surface area contributed by atoms with Crippen LogP contribution in [0, 0.1) is 5.92 Å². The van der Waals surface area contributed by atoms with E-state index < -0.39 is 0 Å². The van der Waals surface area contributed by atoms with Crippen LogP contribution in [0.15, 0.2) is 22.9 Å². The van der Waals surface area contributed by atoms with Gasteiger partial charge in [0.15, 0.2) is 0 Å². The largest absolute Gasteiger partial charge is 0.370 e. The third-order valence-corrected chi connectivity index (χ3v) is 3.05. The predicted octanol–water partition coefficient (Wildman–Crippen LogP) is 3.08. The number of anilines is 1. The van der Waals surface area contributed by atoms with Crippen LogP contribution >= 0.6 is 15.9 Å². The Hall–Kier alpha value is -0.570. The van der Waals surface area contributed by atoms with Crippen molar-refractivity contribution < 1.29 is 0 Å². The first-order valence-corrected chi connectivity index (χ1v) is 5.94. The highest BCUT2D eigenvalue weighted by Gasteiger charge is 2.23. The Labute approximate surface area is 93.5 Å². The lowest BCUT2D eigenvalue weighted by molar-refractivity contribution is 0.740. The SMILES string of the molecule is CCN(CC1CC1)c1cncc(Br)c1. The second kappa shape index (κ2) is 4.30. The summed E-state index contributed by atoms with van der Waals surface area (Å²) in [6.45, 7) is 4.45. The highest BCUT2D eigenvalue weighted by Crippen LogP contribution is 2.31. The number of aromatic nitrogens is 1. The molecule has 1 aliphatic carbocycles. The molecule has 14 heavy (non-hydrogen) atoms. The summed E-state index contributed by atoms with van der Waals surface area (Å²) in [5, 5.41) is 0. The fourth-order valence-corrected chi connectivity index (χ4v) is 1.96. The summed E-state index contributed by atoms with van der Waals surface area (Å²) in [5.74, 6) is 0.925. The number of pyridine rings is 1. The molecule has 0 aromatic carbocycles. The molecule has 1 aromatic heterocycles. The van der Waals surface area contributed by atoms with E-state index in [9.17, 15) is 0 Å². The number of nitrogens with zero attached hydrogens (tertiary/aromatic N) is 2. The van der Waals surface area contributed by atoms with Crippen LogP contribution < -0.4 is 4.90 Å². The zero-order valence-electron chi connectivity index (χ0n) is 8.41. The number of hydrogen-bond acceptors (Lipinski definition) is 2. The molecule has 0 saturated heterocycles. The standard InChI is InChI=1S/C11H15BrN2/c1-2-14(8-9-3-4-9)11-5-10(12)6-13-7-11/h5-7,9H,2-4,8H2,1H3. The first-order valence-electron chi connectivity index (χ1n) is 5.15. The Morgan fingerprint density at radius 1 is 1.50 bits per heavy atom. The molecule has 0 unspecified atom stereocenters. The van der Waals surface area contributed by atoms with Crippen molar-refractivity contribution in [1.29, 1.82) is 0 Å². The average Bonchev–Trinajstić information content (AvgIpc) is 2.98. The van der Waals surface area contributed by atoms with Crippen molar-refractivity contribution in [1.82, 2.24) is 4.98 Å². The maximum atomic E-state index is 4.19. The van der Waals surface area contributed by atoms with Gasteiger partial charge in [0.2, 0.25) is 0 Å². The Bertz CT molecular complexity index is 310. The average molecular weight is 255 g/mol. The Kier molecular flexibility index (Phi) is 3.06. The minimum absolute atomic E-state index is 0.925. The van der Waals surface area contributed by atoms with Crippen LogP contribution in [0.25, 0.3) is 0 Å². The Morgan fingerprint density at radius 3 is 2.86 bits per heavy atom. The van der Waals surface area contributed by atoms with Crippen LogP contribution in [0.1, 0.15) is 19.8 Å². The summed E-state index contributed by atoms with van der Waals surface area (Å²) in [7, 11) is 0. The summed E-state index contributed by atoms with van der Waals surface area (Å²) in [5.41, 5.74) is 1.23. The van der Waals surface area contributed by atoms with Gasteiger partial charge in [-0.25, -0.2) is 0 Å². The molecule has 0 aliphatic heterocycles. The Morgan fingerprint density at radius 2 is 2.29 bits per heavy atom. The van der Waals surface area contributed by atoms with E-state index in [0.29, 0.717) is 0 Å². The molecule has 1 heterocycles. The number of halogens is 1. The second-order valence-electron chi connectivity index (χ2n) is 3.84. The van der Waals surface area contributed by atoms with E-state index in [1.54, 1.807) is 0 Å². The fourth-order valence-electron chi connectivity index (χ4n) is 1.60. The van der Waals surface area contributed by atoms with Gasteiger partial charge in [-0.15, -0.1) is 0 Å². The second-order valence-corrected chi connectivity index (χ2v) is 4.76. The molecule has 76 valence electrons. The van der Waals surface area contributed by atoms with Gasteiger partial charge >= 0.3 is 0 Å². The molecule has 0 amide bonds. The van der Waals surface area contributed by atoms with Gasteiger partial charge in [0.25, 0.3) is 0 Å². The lowest BCUT2D eigenvalue weighted by Crippen LogP contribution is -2.25. The third-order valence-electron chi connectivity index (χ3n) is 2.61. The van der Waals surface area contributed by atoms with Crippen LogP contribution in [0.2, 0.25) is 0 Å². The topological polar surface area (TPSA) is 16.1 Å². The van der Waals surface area contributed by atoms with Crippen molar-refractivity contribution in [3.8, 4) is 0 Å². The normalized spacial score (nSPS) is 15.6. The third kappa shape index (κ3) is 2.47. The molecule has 2 rings (SSSR count). The van der Waals surface area contributed by atoms with E-state index in [1.807, 2.05) is 12.4 Å². The van der Waals surface area contributed by atoms with Gasteiger partial charge in [0, 0.05) is 23.8 Å². The van der Waals surface area contributed by atoms with Crippen LogP contribution in [-0.2, 0) is 0 Å². The van der Waals surface area contributed by atoms with Gasteiger partial charge in [-0.2, -0.15) is 0 Å². The highest BCUT2D eigenvalue weighted by molar-refractivity contribution is 9.10. The highest BCUT2D eigenvalue weighted by atomic mass is 79.9. The molecule has 0 radical (unpaired) electrons. The summed E-state index contributed by atoms with van der Waals surface area (Å²) < 4.78 is 1.06. The van der Waals surface area contributed by atoms with Crippen LogP contribution in [0.5, 0.6) is 0 Å². The first-order chi connectivity index (χ1) is 6.79.